The Balaban J connectivity index is 1.52. The number of primary amides is 1. The molecule has 0 aliphatic carbocycles. The van der Waals surface area contributed by atoms with Gasteiger partial charge in [0, 0.05) is 38.9 Å². The van der Waals surface area contributed by atoms with Crippen LogP contribution in [0.1, 0.15) is 22.5 Å². The van der Waals surface area contributed by atoms with E-state index in [-0.39, 0.29) is 18.1 Å². The lowest BCUT2D eigenvalue weighted by Gasteiger charge is -2.22. The van der Waals surface area contributed by atoms with Crippen molar-refractivity contribution in [1.29, 1.82) is 0 Å². The number of rotatable bonds is 6. The van der Waals surface area contributed by atoms with Crippen molar-refractivity contribution >= 4 is 11.8 Å². The summed E-state index contributed by atoms with van der Waals surface area (Å²) in [5.74, 6) is -0.322. The van der Waals surface area contributed by atoms with Crippen LogP contribution in [-0.4, -0.2) is 59.4 Å². The zero-order valence-corrected chi connectivity index (χ0v) is 15.2. The highest BCUT2D eigenvalue weighted by atomic mass is 16.5. The molecule has 2 amide bonds. The van der Waals surface area contributed by atoms with E-state index >= 15 is 0 Å². The second kappa shape index (κ2) is 9.14. The van der Waals surface area contributed by atoms with E-state index in [0.29, 0.717) is 18.8 Å². The number of pyridine rings is 1. The third-order valence-electron chi connectivity index (χ3n) is 4.56. The van der Waals surface area contributed by atoms with Crippen LogP contribution in [0.15, 0.2) is 48.7 Å². The maximum Gasteiger partial charge on any atom is 0.260 e. The van der Waals surface area contributed by atoms with Gasteiger partial charge in [-0.05, 0) is 30.7 Å². The number of hydrogen-bond donors (Lipinski definition) is 1. The van der Waals surface area contributed by atoms with E-state index in [0.717, 1.165) is 31.7 Å². The molecule has 3 rings (SSSR count). The van der Waals surface area contributed by atoms with Crippen molar-refractivity contribution in [3.63, 3.8) is 0 Å². The molecule has 1 saturated heterocycles. The lowest BCUT2D eigenvalue weighted by Crippen LogP contribution is -2.38. The van der Waals surface area contributed by atoms with Gasteiger partial charge in [0.25, 0.3) is 11.8 Å². The van der Waals surface area contributed by atoms with Gasteiger partial charge in [0.15, 0.2) is 6.61 Å². The molecule has 2 aromatic rings. The number of benzene rings is 1. The van der Waals surface area contributed by atoms with Gasteiger partial charge in [-0.25, -0.2) is 0 Å². The number of aromatic nitrogens is 1. The van der Waals surface area contributed by atoms with Crippen molar-refractivity contribution in [3.8, 4) is 5.75 Å². The molecule has 7 nitrogen and oxygen atoms in total. The molecule has 7 heteroatoms. The van der Waals surface area contributed by atoms with Crippen LogP contribution >= 0.6 is 0 Å². The van der Waals surface area contributed by atoms with Crippen molar-refractivity contribution in [3.05, 3.63) is 59.9 Å². The number of nitrogens with two attached hydrogens (primary N) is 1. The molecule has 0 radical (unpaired) electrons. The van der Waals surface area contributed by atoms with Gasteiger partial charge in [-0.3, -0.25) is 19.5 Å². The van der Waals surface area contributed by atoms with Crippen molar-refractivity contribution in [2.24, 2.45) is 5.73 Å². The predicted octanol–water partition coefficient (Wildman–Crippen LogP) is 1.29. The fraction of sp³-hybridized carbons (Fsp3) is 0.350. The lowest BCUT2D eigenvalue weighted by atomic mass is 10.2. The number of nitrogens with zero attached hydrogens (tertiary/aromatic N) is 3. The topological polar surface area (TPSA) is 88.8 Å². The molecule has 27 heavy (non-hydrogen) atoms. The Morgan fingerprint density at radius 3 is 2.63 bits per heavy atom. The summed E-state index contributed by atoms with van der Waals surface area (Å²) in [6.07, 6.45) is 2.70. The van der Waals surface area contributed by atoms with Gasteiger partial charge in [0.05, 0.1) is 11.3 Å². The molecular weight excluding hydrogens is 344 g/mol. The van der Waals surface area contributed by atoms with E-state index in [4.69, 9.17) is 10.5 Å². The molecule has 142 valence electrons. The zero-order chi connectivity index (χ0) is 19.1. The minimum absolute atomic E-state index is 0.0889. The predicted molar refractivity (Wildman–Crippen MR) is 101 cm³/mol. The zero-order valence-electron chi connectivity index (χ0n) is 15.2. The summed E-state index contributed by atoms with van der Waals surface area (Å²) in [5.41, 5.74) is 6.65. The third-order valence-corrected chi connectivity index (χ3v) is 4.56. The van der Waals surface area contributed by atoms with Crippen LogP contribution in [0.5, 0.6) is 5.75 Å². The molecule has 0 atom stereocenters. The number of para-hydroxylation sites is 1. The van der Waals surface area contributed by atoms with Crippen LogP contribution < -0.4 is 10.5 Å². The third kappa shape index (κ3) is 5.27. The maximum absolute atomic E-state index is 12.5. The quantitative estimate of drug-likeness (QED) is 0.830. The first-order valence-electron chi connectivity index (χ1n) is 9.05. The normalized spacial score (nSPS) is 15.2. The Hall–Kier alpha value is -2.93. The summed E-state index contributed by atoms with van der Waals surface area (Å²) in [7, 11) is 0. The van der Waals surface area contributed by atoms with Crippen LogP contribution in [0, 0.1) is 0 Å². The van der Waals surface area contributed by atoms with Crippen molar-refractivity contribution in [2.75, 3.05) is 32.8 Å². The van der Waals surface area contributed by atoms with Crippen molar-refractivity contribution < 1.29 is 14.3 Å². The van der Waals surface area contributed by atoms with Gasteiger partial charge in [-0.15, -0.1) is 0 Å². The van der Waals surface area contributed by atoms with E-state index in [9.17, 15) is 9.59 Å². The SMILES string of the molecule is NC(=O)c1ccccc1OCC(=O)N1CCCN(Cc2ccccn2)CC1. The first-order chi connectivity index (χ1) is 13.1. The summed E-state index contributed by atoms with van der Waals surface area (Å²) in [6.45, 7) is 3.73. The maximum atomic E-state index is 12.5. The average molecular weight is 368 g/mol. The smallest absolute Gasteiger partial charge is 0.260 e. The standard InChI is InChI=1S/C20H24N4O3/c21-20(26)17-7-1-2-8-18(17)27-15-19(25)24-11-5-10-23(12-13-24)14-16-6-3-4-9-22-16/h1-4,6-9H,5,10-15H2,(H2,21,26). The van der Waals surface area contributed by atoms with Gasteiger partial charge >= 0.3 is 0 Å². The van der Waals surface area contributed by atoms with Crippen molar-refractivity contribution in [1.82, 2.24) is 14.8 Å². The number of carbonyl (C=O) groups is 2. The molecule has 2 heterocycles. The highest BCUT2D eigenvalue weighted by Gasteiger charge is 2.20. The van der Waals surface area contributed by atoms with E-state index in [1.807, 2.05) is 23.1 Å². The minimum atomic E-state index is -0.571. The molecule has 0 saturated carbocycles. The summed E-state index contributed by atoms with van der Waals surface area (Å²) in [4.78, 5) is 32.4. The molecule has 1 aliphatic rings. The van der Waals surface area contributed by atoms with Gasteiger partial charge < -0.3 is 15.4 Å². The number of ether oxygens (including phenoxy) is 1. The van der Waals surface area contributed by atoms with Crippen LogP contribution in [-0.2, 0) is 11.3 Å². The van der Waals surface area contributed by atoms with Crippen LogP contribution in [0.25, 0.3) is 0 Å². The van der Waals surface area contributed by atoms with Crippen LogP contribution in [0.3, 0.4) is 0 Å². The largest absolute Gasteiger partial charge is 0.483 e. The Kier molecular flexibility index (Phi) is 6.38. The monoisotopic (exact) mass is 368 g/mol. The van der Waals surface area contributed by atoms with Gasteiger partial charge in [-0.1, -0.05) is 18.2 Å². The fourth-order valence-electron chi connectivity index (χ4n) is 3.13. The van der Waals surface area contributed by atoms with Gasteiger partial charge in [-0.2, -0.15) is 0 Å². The Labute approximate surface area is 158 Å². The average Bonchev–Trinajstić information content (AvgIpc) is 2.93. The van der Waals surface area contributed by atoms with Gasteiger partial charge in [0.2, 0.25) is 0 Å². The second-order valence-corrected chi connectivity index (χ2v) is 6.48. The first kappa shape index (κ1) is 18.8. The van der Waals surface area contributed by atoms with E-state index in [1.54, 1.807) is 30.5 Å². The molecular formula is C20H24N4O3. The highest BCUT2D eigenvalue weighted by molar-refractivity contribution is 5.95. The summed E-state index contributed by atoms with van der Waals surface area (Å²) < 4.78 is 5.56. The molecule has 0 bridgehead atoms. The second-order valence-electron chi connectivity index (χ2n) is 6.48. The summed E-state index contributed by atoms with van der Waals surface area (Å²) in [5, 5.41) is 0. The molecule has 2 N–H and O–H groups in total. The molecule has 1 aromatic heterocycles. The highest BCUT2D eigenvalue weighted by Crippen LogP contribution is 2.17. The molecule has 0 unspecified atom stereocenters. The van der Waals surface area contributed by atoms with E-state index < -0.39 is 5.91 Å². The Morgan fingerprint density at radius 2 is 1.85 bits per heavy atom. The molecule has 1 aromatic carbocycles. The molecule has 1 aliphatic heterocycles. The summed E-state index contributed by atoms with van der Waals surface area (Å²) in [6, 6.07) is 12.6. The Morgan fingerprint density at radius 1 is 1.04 bits per heavy atom. The number of amides is 2. The van der Waals surface area contributed by atoms with E-state index in [1.165, 1.54) is 0 Å². The van der Waals surface area contributed by atoms with Crippen molar-refractivity contribution in [2.45, 2.75) is 13.0 Å². The lowest BCUT2D eigenvalue weighted by molar-refractivity contribution is -0.133. The van der Waals surface area contributed by atoms with Gasteiger partial charge in [0.1, 0.15) is 5.75 Å². The number of carbonyl (C=O) groups excluding carboxylic acids is 2. The van der Waals surface area contributed by atoms with Crippen LogP contribution in [0.2, 0.25) is 0 Å². The summed E-state index contributed by atoms with van der Waals surface area (Å²) >= 11 is 0. The first-order valence-corrected chi connectivity index (χ1v) is 9.05. The van der Waals surface area contributed by atoms with Crippen LogP contribution in [0.4, 0.5) is 0 Å². The molecule has 1 fully saturated rings. The van der Waals surface area contributed by atoms with E-state index in [2.05, 4.69) is 9.88 Å². The Bertz CT molecular complexity index is 782. The minimum Gasteiger partial charge on any atom is -0.483 e. The molecule has 0 spiro atoms. The number of hydrogen-bond acceptors (Lipinski definition) is 5. The fourth-order valence-corrected chi connectivity index (χ4v) is 3.13.